The molecule has 84 valence electrons. The van der Waals surface area contributed by atoms with E-state index in [4.69, 9.17) is 22.1 Å². The molecule has 0 radical (unpaired) electrons. The van der Waals surface area contributed by atoms with Crippen molar-refractivity contribution in [1.29, 1.82) is 0 Å². The number of ether oxygens (including phenoxy) is 1. The van der Waals surface area contributed by atoms with Crippen molar-refractivity contribution in [2.45, 2.75) is 13.3 Å². The van der Waals surface area contributed by atoms with E-state index >= 15 is 0 Å². The predicted molar refractivity (Wildman–Crippen MR) is 62.9 cm³/mol. The minimum atomic E-state index is -0.354. The molecule has 0 aromatic heterocycles. The van der Waals surface area contributed by atoms with Crippen LogP contribution in [0.4, 0.5) is 0 Å². The number of hydrogen-bond donors (Lipinski definition) is 1. The Hall–Kier alpha value is -1.48. The summed E-state index contributed by atoms with van der Waals surface area (Å²) in [5.74, 6) is -0.354. The van der Waals surface area contributed by atoms with Gasteiger partial charge in [0.25, 0.3) is 0 Å². The molecule has 1 aromatic carbocycles. The molecule has 0 heterocycles. The molecule has 1 aliphatic carbocycles. The molecule has 2 N–H and O–H groups in total. The molecule has 0 unspecified atom stereocenters. The van der Waals surface area contributed by atoms with Crippen LogP contribution >= 0.6 is 11.6 Å². The largest absolute Gasteiger partial charge is 0.463 e. The third-order valence-corrected chi connectivity index (χ3v) is 2.96. The number of rotatable bonds is 2. The second kappa shape index (κ2) is 4.18. The van der Waals surface area contributed by atoms with Crippen LogP contribution in [0.5, 0.6) is 0 Å². The molecule has 3 nitrogen and oxygen atoms in total. The number of halogens is 1. The summed E-state index contributed by atoms with van der Waals surface area (Å²) in [6, 6.07) is 5.48. The van der Waals surface area contributed by atoms with Gasteiger partial charge in [0.2, 0.25) is 0 Å². The molecule has 0 atom stereocenters. The van der Waals surface area contributed by atoms with Gasteiger partial charge in [0.1, 0.15) is 0 Å². The van der Waals surface area contributed by atoms with Gasteiger partial charge in [-0.1, -0.05) is 23.7 Å². The Bertz CT molecular complexity index is 480. The monoisotopic (exact) mass is 237 g/mol. The first-order chi connectivity index (χ1) is 7.65. The highest BCUT2D eigenvalue weighted by Crippen LogP contribution is 2.34. The fraction of sp³-hybridized carbons (Fsp3) is 0.250. The molecule has 0 saturated carbocycles. The van der Waals surface area contributed by atoms with Crippen LogP contribution in [0.25, 0.3) is 5.70 Å². The van der Waals surface area contributed by atoms with Crippen LogP contribution in [0, 0.1) is 0 Å². The lowest BCUT2D eigenvalue weighted by atomic mass is 10.1. The number of esters is 1. The van der Waals surface area contributed by atoms with Crippen molar-refractivity contribution in [2.75, 3.05) is 6.61 Å². The van der Waals surface area contributed by atoms with Gasteiger partial charge in [-0.25, -0.2) is 4.79 Å². The van der Waals surface area contributed by atoms with Gasteiger partial charge >= 0.3 is 5.97 Å². The summed E-state index contributed by atoms with van der Waals surface area (Å²) >= 11 is 6.05. The number of fused-ring (bicyclic) bond motifs is 1. The predicted octanol–water partition coefficient (Wildman–Crippen LogP) is 2.13. The lowest BCUT2D eigenvalue weighted by Crippen LogP contribution is -2.10. The molecule has 0 amide bonds. The van der Waals surface area contributed by atoms with Crippen molar-refractivity contribution >= 4 is 23.3 Å². The summed E-state index contributed by atoms with van der Waals surface area (Å²) in [5, 5.41) is 0.639. The highest BCUT2D eigenvalue weighted by atomic mass is 35.5. The molecule has 1 aliphatic rings. The van der Waals surface area contributed by atoms with E-state index in [2.05, 4.69) is 0 Å². The van der Waals surface area contributed by atoms with Gasteiger partial charge in [0.15, 0.2) is 0 Å². The number of hydrogen-bond acceptors (Lipinski definition) is 3. The fourth-order valence-electron chi connectivity index (χ4n) is 1.83. The summed E-state index contributed by atoms with van der Waals surface area (Å²) in [6.45, 7) is 2.11. The molecule has 0 bridgehead atoms. The summed E-state index contributed by atoms with van der Waals surface area (Å²) in [5.41, 5.74) is 8.65. The van der Waals surface area contributed by atoms with E-state index in [1.807, 2.05) is 12.1 Å². The van der Waals surface area contributed by atoms with Crippen molar-refractivity contribution in [1.82, 2.24) is 0 Å². The zero-order valence-electron chi connectivity index (χ0n) is 8.92. The first kappa shape index (κ1) is 11.0. The van der Waals surface area contributed by atoms with Crippen molar-refractivity contribution in [3.05, 3.63) is 39.9 Å². The van der Waals surface area contributed by atoms with Crippen molar-refractivity contribution in [3.63, 3.8) is 0 Å². The minimum absolute atomic E-state index is 0.347. The molecule has 4 heteroatoms. The maximum absolute atomic E-state index is 11.6. The van der Waals surface area contributed by atoms with Gasteiger partial charge in [-0.2, -0.15) is 0 Å². The highest BCUT2D eigenvalue weighted by molar-refractivity contribution is 6.32. The molecule has 0 aliphatic heterocycles. The molecule has 0 fully saturated rings. The molecule has 0 spiro atoms. The van der Waals surface area contributed by atoms with Crippen molar-refractivity contribution in [3.8, 4) is 0 Å². The number of carbonyl (C=O) groups is 1. The topological polar surface area (TPSA) is 52.3 Å². The molecule has 2 rings (SSSR count). The SMILES string of the molecule is CCOC(=O)C1=C(N)c2cccc(Cl)c2C1. The number of carbonyl (C=O) groups excluding carboxylic acids is 1. The number of benzene rings is 1. The summed E-state index contributed by atoms with van der Waals surface area (Å²) < 4.78 is 4.95. The van der Waals surface area contributed by atoms with E-state index in [1.54, 1.807) is 13.0 Å². The van der Waals surface area contributed by atoms with Crippen LogP contribution < -0.4 is 5.73 Å². The second-order valence-corrected chi connectivity index (χ2v) is 3.96. The quantitative estimate of drug-likeness (QED) is 0.802. The van der Waals surface area contributed by atoms with E-state index in [9.17, 15) is 4.79 Å². The van der Waals surface area contributed by atoms with Crippen LogP contribution in [-0.2, 0) is 16.0 Å². The van der Waals surface area contributed by atoms with E-state index in [1.165, 1.54) is 0 Å². The molecule has 16 heavy (non-hydrogen) atoms. The van der Waals surface area contributed by atoms with Gasteiger partial charge in [-0.05, 0) is 18.6 Å². The summed E-state index contributed by atoms with van der Waals surface area (Å²) in [4.78, 5) is 11.6. The zero-order valence-corrected chi connectivity index (χ0v) is 9.67. The Balaban J connectivity index is 2.38. The van der Waals surface area contributed by atoms with Gasteiger partial charge in [-0.3, -0.25) is 0 Å². The molecule has 1 aromatic rings. The van der Waals surface area contributed by atoms with Crippen molar-refractivity contribution < 1.29 is 9.53 Å². The molecular formula is C12H12ClNO2. The molecule has 0 saturated heterocycles. The van der Waals surface area contributed by atoms with Gasteiger partial charge in [0, 0.05) is 22.7 Å². The Kier molecular flexibility index (Phi) is 2.88. The lowest BCUT2D eigenvalue weighted by Gasteiger charge is -2.02. The standard InChI is InChI=1S/C12H12ClNO2/c1-2-16-12(15)9-6-8-7(11(9)14)4-3-5-10(8)13/h3-5H,2,6,14H2,1H3. The van der Waals surface area contributed by atoms with Crippen LogP contribution in [0.1, 0.15) is 18.1 Å². The Morgan fingerprint density at radius 3 is 2.94 bits per heavy atom. The highest BCUT2D eigenvalue weighted by Gasteiger charge is 2.26. The Labute approximate surface area is 98.8 Å². The number of nitrogens with two attached hydrogens (primary N) is 1. The second-order valence-electron chi connectivity index (χ2n) is 3.56. The van der Waals surface area contributed by atoms with Crippen LogP contribution in [0.3, 0.4) is 0 Å². The normalized spacial score (nSPS) is 13.9. The van der Waals surface area contributed by atoms with Crippen LogP contribution in [-0.4, -0.2) is 12.6 Å². The average Bonchev–Trinajstić information content (AvgIpc) is 2.59. The van der Waals surface area contributed by atoms with Crippen LogP contribution in [0.15, 0.2) is 23.8 Å². The van der Waals surface area contributed by atoms with Gasteiger partial charge in [-0.15, -0.1) is 0 Å². The molecular weight excluding hydrogens is 226 g/mol. The van der Waals surface area contributed by atoms with Crippen LogP contribution in [0.2, 0.25) is 5.02 Å². The van der Waals surface area contributed by atoms with Gasteiger partial charge in [0.05, 0.1) is 12.2 Å². The van der Waals surface area contributed by atoms with Gasteiger partial charge < -0.3 is 10.5 Å². The Morgan fingerprint density at radius 1 is 1.56 bits per heavy atom. The first-order valence-corrected chi connectivity index (χ1v) is 5.46. The minimum Gasteiger partial charge on any atom is -0.463 e. The fourth-order valence-corrected chi connectivity index (χ4v) is 2.07. The maximum atomic E-state index is 11.6. The Morgan fingerprint density at radius 2 is 2.31 bits per heavy atom. The smallest absolute Gasteiger partial charge is 0.336 e. The first-order valence-electron chi connectivity index (χ1n) is 5.08. The van der Waals surface area contributed by atoms with Crippen molar-refractivity contribution in [2.24, 2.45) is 5.73 Å². The van der Waals surface area contributed by atoms with E-state index in [0.717, 1.165) is 11.1 Å². The van der Waals surface area contributed by atoms with E-state index in [0.29, 0.717) is 29.3 Å². The third-order valence-electron chi connectivity index (χ3n) is 2.61. The average molecular weight is 238 g/mol. The maximum Gasteiger partial charge on any atom is 0.336 e. The van der Waals surface area contributed by atoms with E-state index < -0.39 is 0 Å². The van der Waals surface area contributed by atoms with E-state index in [-0.39, 0.29) is 5.97 Å². The zero-order chi connectivity index (χ0) is 11.7. The third kappa shape index (κ3) is 1.67. The summed E-state index contributed by atoms with van der Waals surface area (Å²) in [7, 11) is 0. The summed E-state index contributed by atoms with van der Waals surface area (Å²) in [6.07, 6.45) is 0.458. The lowest BCUT2D eigenvalue weighted by molar-refractivity contribution is -0.138.